The molecule has 1 aromatic heterocycles. The van der Waals surface area contributed by atoms with Crippen LogP contribution in [0, 0.1) is 9.41 Å². The molecule has 0 aliphatic heterocycles. The molecule has 17 heavy (non-hydrogen) atoms. The summed E-state index contributed by atoms with van der Waals surface area (Å²) in [6.07, 6.45) is -0.0857. The first kappa shape index (κ1) is 14.5. The van der Waals surface area contributed by atoms with Crippen molar-refractivity contribution in [1.29, 1.82) is 0 Å². The highest BCUT2D eigenvalue weighted by Gasteiger charge is 2.18. The van der Waals surface area contributed by atoms with E-state index in [1.54, 1.807) is 30.7 Å². The van der Waals surface area contributed by atoms with Crippen molar-refractivity contribution >= 4 is 24.4 Å². The Labute approximate surface area is 110 Å². The van der Waals surface area contributed by atoms with Gasteiger partial charge in [-0.1, -0.05) is 12.2 Å². The second kappa shape index (κ2) is 6.36. The van der Waals surface area contributed by atoms with Crippen LogP contribution in [0.25, 0.3) is 0 Å². The predicted octanol–water partition coefficient (Wildman–Crippen LogP) is 1.55. The first-order valence-electron chi connectivity index (χ1n) is 5.21. The van der Waals surface area contributed by atoms with Crippen molar-refractivity contribution in [3.05, 3.63) is 21.7 Å². The highest BCUT2D eigenvalue weighted by molar-refractivity contribution is 7.72. The van der Waals surface area contributed by atoms with Crippen molar-refractivity contribution < 1.29 is 14.9 Å². The van der Waals surface area contributed by atoms with Crippen LogP contribution in [0.1, 0.15) is 20.1 Å². The van der Waals surface area contributed by atoms with E-state index >= 15 is 0 Å². The predicted molar refractivity (Wildman–Crippen MR) is 68.8 cm³/mol. The summed E-state index contributed by atoms with van der Waals surface area (Å²) in [5.41, 5.74) is 0. The lowest BCUT2D eigenvalue weighted by Gasteiger charge is -2.24. The molecule has 0 aromatic carbocycles. The van der Waals surface area contributed by atoms with E-state index < -0.39 is 18.4 Å². The van der Waals surface area contributed by atoms with Gasteiger partial charge in [-0.25, -0.2) is 0 Å². The van der Waals surface area contributed by atoms with Crippen LogP contribution in [0.3, 0.4) is 0 Å². The molecule has 0 spiro atoms. The molecule has 0 aliphatic rings. The molecule has 1 rings (SSSR count). The third-order valence-electron chi connectivity index (χ3n) is 2.33. The van der Waals surface area contributed by atoms with Gasteiger partial charge in [-0.15, -0.1) is 0 Å². The van der Waals surface area contributed by atoms with Crippen LogP contribution in [-0.4, -0.2) is 38.6 Å². The first-order valence-corrected chi connectivity index (χ1v) is 6.03. The number of aliphatic hydroxyl groups is 2. The van der Waals surface area contributed by atoms with Crippen molar-refractivity contribution in [3.8, 4) is 0 Å². The molecule has 5 nitrogen and oxygen atoms in total. The number of H-pyrrole nitrogens is 1. The van der Waals surface area contributed by atoms with E-state index in [1.807, 2.05) is 0 Å². The van der Waals surface area contributed by atoms with E-state index in [1.165, 1.54) is 0 Å². The summed E-state index contributed by atoms with van der Waals surface area (Å²) in [6.45, 7) is 3.08. The smallest absolute Gasteiger partial charge is 0.180 e. The lowest BCUT2D eigenvalue weighted by molar-refractivity contribution is -0.112. The summed E-state index contributed by atoms with van der Waals surface area (Å²) >= 11 is 10.0. The van der Waals surface area contributed by atoms with Gasteiger partial charge in [-0.05, 0) is 32.1 Å². The van der Waals surface area contributed by atoms with Crippen LogP contribution < -0.4 is 0 Å². The molecule has 0 saturated carbocycles. The van der Waals surface area contributed by atoms with Crippen molar-refractivity contribution in [3.63, 3.8) is 0 Å². The van der Waals surface area contributed by atoms with Crippen LogP contribution in [0.5, 0.6) is 0 Å². The standard InChI is InChI=1S/C10H16N2O3S2/c1-6(14)8(5-13)15-7(2)12-4-3-9(16)11-10(12)17/h3-4,6-8,13-14H,5H2,1-2H3,(H,11,16,17). The average Bonchev–Trinajstić information content (AvgIpc) is 2.24. The molecule has 0 aliphatic carbocycles. The van der Waals surface area contributed by atoms with Gasteiger partial charge >= 0.3 is 0 Å². The molecule has 0 radical (unpaired) electrons. The summed E-state index contributed by atoms with van der Waals surface area (Å²) in [5, 5.41) is 18.4. The molecule has 1 heterocycles. The van der Waals surface area contributed by atoms with E-state index in [2.05, 4.69) is 4.98 Å². The maximum absolute atomic E-state index is 9.38. The third-order valence-corrected chi connectivity index (χ3v) is 2.88. The molecule has 0 saturated heterocycles. The molecule has 0 amide bonds. The minimum atomic E-state index is -0.751. The Morgan fingerprint density at radius 3 is 2.59 bits per heavy atom. The Balaban J connectivity index is 2.86. The van der Waals surface area contributed by atoms with Crippen molar-refractivity contribution in [2.45, 2.75) is 32.3 Å². The van der Waals surface area contributed by atoms with Gasteiger partial charge in [0.15, 0.2) is 4.77 Å². The molecule has 96 valence electrons. The van der Waals surface area contributed by atoms with Gasteiger partial charge in [-0.3, -0.25) is 4.57 Å². The number of aliphatic hydroxyl groups excluding tert-OH is 2. The SMILES string of the molecule is CC(O)C(CO)OC(C)n1ccc(=S)[nH]c1=S. The van der Waals surface area contributed by atoms with E-state index in [0.29, 0.717) is 9.41 Å². The van der Waals surface area contributed by atoms with Crippen LogP contribution in [0.15, 0.2) is 12.3 Å². The molecular formula is C10H16N2O3S2. The van der Waals surface area contributed by atoms with Gasteiger partial charge < -0.3 is 19.9 Å². The average molecular weight is 276 g/mol. The van der Waals surface area contributed by atoms with Gasteiger partial charge in [0.05, 0.1) is 12.7 Å². The second-order valence-electron chi connectivity index (χ2n) is 3.71. The molecule has 7 heteroatoms. The topological polar surface area (TPSA) is 70.4 Å². The number of rotatable bonds is 5. The zero-order valence-corrected chi connectivity index (χ0v) is 11.3. The van der Waals surface area contributed by atoms with Crippen molar-refractivity contribution in [1.82, 2.24) is 9.55 Å². The highest BCUT2D eigenvalue weighted by Crippen LogP contribution is 2.12. The van der Waals surface area contributed by atoms with Crippen LogP contribution >= 0.6 is 24.4 Å². The monoisotopic (exact) mass is 276 g/mol. The van der Waals surface area contributed by atoms with Gasteiger partial charge in [-0.2, -0.15) is 0 Å². The molecule has 3 atom stereocenters. The fraction of sp³-hybridized carbons (Fsp3) is 0.600. The van der Waals surface area contributed by atoms with Crippen molar-refractivity contribution in [2.75, 3.05) is 6.61 Å². The minimum Gasteiger partial charge on any atom is -0.394 e. The summed E-state index contributed by atoms with van der Waals surface area (Å²) in [4.78, 5) is 2.83. The number of hydrogen-bond donors (Lipinski definition) is 3. The number of nitrogens with zero attached hydrogens (tertiary/aromatic N) is 1. The summed E-state index contributed by atoms with van der Waals surface area (Å²) in [5.74, 6) is 0. The van der Waals surface area contributed by atoms with Gasteiger partial charge in [0.2, 0.25) is 0 Å². The second-order valence-corrected chi connectivity index (χ2v) is 4.54. The lowest BCUT2D eigenvalue weighted by atomic mass is 10.2. The van der Waals surface area contributed by atoms with Crippen LogP contribution in [0.2, 0.25) is 0 Å². The molecule has 0 bridgehead atoms. The number of nitrogens with one attached hydrogen (secondary N) is 1. The zero-order chi connectivity index (χ0) is 13.0. The normalized spacial score (nSPS) is 16.5. The fourth-order valence-electron chi connectivity index (χ4n) is 1.34. The zero-order valence-electron chi connectivity index (χ0n) is 9.66. The lowest BCUT2D eigenvalue weighted by Crippen LogP contribution is -2.32. The number of ether oxygens (including phenoxy) is 1. The van der Waals surface area contributed by atoms with Crippen molar-refractivity contribution in [2.24, 2.45) is 0 Å². The Morgan fingerprint density at radius 1 is 1.47 bits per heavy atom. The summed E-state index contributed by atoms with van der Waals surface area (Å²) < 4.78 is 8.16. The van der Waals surface area contributed by atoms with Crippen LogP contribution in [-0.2, 0) is 4.74 Å². The molecule has 0 fully saturated rings. The largest absolute Gasteiger partial charge is 0.394 e. The maximum atomic E-state index is 9.38. The maximum Gasteiger partial charge on any atom is 0.180 e. The molecule has 1 aromatic rings. The Morgan fingerprint density at radius 2 is 2.12 bits per heavy atom. The highest BCUT2D eigenvalue weighted by atomic mass is 32.1. The molecule has 3 N–H and O–H groups in total. The summed E-state index contributed by atoms with van der Waals surface area (Å²) in [6, 6.07) is 1.70. The van der Waals surface area contributed by atoms with E-state index in [0.717, 1.165) is 0 Å². The number of hydrogen-bond acceptors (Lipinski definition) is 5. The Kier molecular flexibility index (Phi) is 5.41. The molecular weight excluding hydrogens is 260 g/mol. The Hall–Kier alpha value is -0.600. The minimum absolute atomic E-state index is 0.252. The molecule has 3 unspecified atom stereocenters. The first-order chi connectivity index (χ1) is 7.95. The number of aromatic nitrogens is 2. The fourth-order valence-corrected chi connectivity index (χ4v) is 1.88. The van der Waals surface area contributed by atoms with Gasteiger partial charge in [0, 0.05) is 6.20 Å². The summed E-state index contributed by atoms with van der Waals surface area (Å²) in [7, 11) is 0. The van der Waals surface area contributed by atoms with E-state index in [-0.39, 0.29) is 6.61 Å². The third kappa shape index (κ3) is 3.97. The number of aromatic amines is 1. The van der Waals surface area contributed by atoms with Crippen LogP contribution in [0.4, 0.5) is 0 Å². The Bertz CT molecular complexity index is 469. The van der Waals surface area contributed by atoms with E-state index in [9.17, 15) is 5.11 Å². The van der Waals surface area contributed by atoms with Gasteiger partial charge in [0.1, 0.15) is 17.0 Å². The van der Waals surface area contributed by atoms with E-state index in [4.69, 9.17) is 34.3 Å². The van der Waals surface area contributed by atoms with Gasteiger partial charge in [0.25, 0.3) is 0 Å². The quantitative estimate of drug-likeness (QED) is 0.712.